The normalized spacial score (nSPS) is 12.9. The Morgan fingerprint density at radius 1 is 1.50 bits per heavy atom. The minimum Gasteiger partial charge on any atom is -0.461 e. The summed E-state index contributed by atoms with van der Waals surface area (Å²) in [6.07, 6.45) is 1.62. The van der Waals surface area contributed by atoms with Crippen molar-refractivity contribution in [3.63, 3.8) is 0 Å². The first-order valence-electron chi connectivity index (χ1n) is 5.33. The van der Waals surface area contributed by atoms with Gasteiger partial charge >= 0.3 is 0 Å². The second kappa shape index (κ2) is 4.49. The van der Waals surface area contributed by atoms with Crippen LogP contribution in [0.1, 0.15) is 31.3 Å². The van der Waals surface area contributed by atoms with Gasteiger partial charge in [-0.05, 0) is 32.0 Å². The van der Waals surface area contributed by atoms with Gasteiger partial charge in [-0.25, -0.2) is 0 Å². The molecule has 0 aliphatic heterocycles. The topological polar surface area (TPSA) is 64.1 Å². The zero-order valence-corrected chi connectivity index (χ0v) is 9.65. The van der Waals surface area contributed by atoms with Crippen molar-refractivity contribution in [1.29, 1.82) is 0 Å². The molecule has 5 nitrogen and oxygen atoms in total. The van der Waals surface area contributed by atoms with Crippen molar-refractivity contribution >= 4 is 0 Å². The third-order valence-electron chi connectivity index (χ3n) is 2.39. The van der Waals surface area contributed by atoms with Crippen LogP contribution in [0, 0.1) is 6.92 Å². The Bertz CT molecular complexity index is 461. The highest BCUT2D eigenvalue weighted by Crippen LogP contribution is 2.22. The molecule has 0 amide bonds. The first-order valence-corrected chi connectivity index (χ1v) is 5.33. The Hall–Kier alpha value is -1.62. The number of hydrogen-bond acceptors (Lipinski definition) is 5. The van der Waals surface area contributed by atoms with Gasteiger partial charge < -0.3 is 14.3 Å². The van der Waals surface area contributed by atoms with Gasteiger partial charge in [-0.1, -0.05) is 12.1 Å². The highest BCUT2D eigenvalue weighted by atomic mass is 16.5. The van der Waals surface area contributed by atoms with Crippen molar-refractivity contribution < 1.29 is 8.94 Å². The predicted octanol–water partition coefficient (Wildman–Crippen LogP) is 2.31. The quantitative estimate of drug-likeness (QED) is 0.858. The zero-order chi connectivity index (χ0) is 11.5. The summed E-state index contributed by atoms with van der Waals surface area (Å²) < 4.78 is 10.5. The lowest BCUT2D eigenvalue weighted by Crippen LogP contribution is -2.17. The molecule has 0 saturated carbocycles. The second-order valence-electron chi connectivity index (χ2n) is 3.67. The van der Waals surface area contributed by atoms with Crippen LogP contribution in [0.4, 0.5) is 0 Å². The molecule has 0 aliphatic carbocycles. The SMILES string of the molecule is CCNC(C)c1nc(-c2occc2C)no1. The summed E-state index contributed by atoms with van der Waals surface area (Å²) in [5, 5.41) is 7.11. The molecule has 1 unspecified atom stereocenters. The molecule has 0 aliphatic rings. The van der Waals surface area contributed by atoms with E-state index in [2.05, 4.69) is 15.5 Å². The van der Waals surface area contributed by atoms with Gasteiger partial charge in [0.2, 0.25) is 11.7 Å². The van der Waals surface area contributed by atoms with Crippen molar-refractivity contribution in [2.45, 2.75) is 26.8 Å². The molecular weight excluding hydrogens is 206 g/mol. The van der Waals surface area contributed by atoms with Gasteiger partial charge in [0, 0.05) is 0 Å². The van der Waals surface area contributed by atoms with E-state index in [4.69, 9.17) is 8.94 Å². The maximum atomic E-state index is 5.30. The number of nitrogens with one attached hydrogen (secondary N) is 1. The maximum absolute atomic E-state index is 5.30. The molecule has 1 atom stereocenters. The van der Waals surface area contributed by atoms with E-state index in [9.17, 15) is 0 Å². The third-order valence-corrected chi connectivity index (χ3v) is 2.39. The molecule has 2 aromatic rings. The van der Waals surface area contributed by atoms with E-state index < -0.39 is 0 Å². The van der Waals surface area contributed by atoms with Crippen molar-refractivity contribution in [2.75, 3.05) is 6.54 Å². The molecule has 2 rings (SSSR count). The third kappa shape index (κ3) is 1.99. The Balaban J connectivity index is 2.23. The van der Waals surface area contributed by atoms with Crippen molar-refractivity contribution in [2.24, 2.45) is 0 Å². The lowest BCUT2D eigenvalue weighted by molar-refractivity contribution is 0.341. The average molecular weight is 221 g/mol. The molecule has 0 fully saturated rings. The van der Waals surface area contributed by atoms with Crippen LogP contribution in [0.15, 0.2) is 21.3 Å². The highest BCUT2D eigenvalue weighted by Gasteiger charge is 2.17. The maximum Gasteiger partial charge on any atom is 0.243 e. The Morgan fingerprint density at radius 2 is 2.31 bits per heavy atom. The van der Waals surface area contributed by atoms with Crippen molar-refractivity contribution in [3.8, 4) is 11.6 Å². The van der Waals surface area contributed by atoms with Crippen LogP contribution in [0.3, 0.4) is 0 Å². The molecule has 0 aromatic carbocycles. The molecule has 86 valence electrons. The van der Waals surface area contributed by atoms with Crippen LogP contribution < -0.4 is 5.32 Å². The van der Waals surface area contributed by atoms with Crippen LogP contribution in [-0.4, -0.2) is 16.7 Å². The molecule has 0 bridgehead atoms. The molecule has 0 saturated heterocycles. The van der Waals surface area contributed by atoms with E-state index in [0.717, 1.165) is 12.1 Å². The standard InChI is InChI=1S/C11H15N3O2/c1-4-12-8(3)11-13-10(14-16-11)9-7(2)5-6-15-9/h5-6,8,12H,4H2,1-3H3. The number of furan rings is 1. The fourth-order valence-corrected chi connectivity index (χ4v) is 1.50. The van der Waals surface area contributed by atoms with Gasteiger partial charge in [0.05, 0.1) is 12.3 Å². The summed E-state index contributed by atoms with van der Waals surface area (Å²) in [6, 6.07) is 1.93. The van der Waals surface area contributed by atoms with E-state index in [1.54, 1.807) is 6.26 Å². The second-order valence-corrected chi connectivity index (χ2v) is 3.67. The van der Waals surface area contributed by atoms with E-state index in [1.807, 2.05) is 26.8 Å². The van der Waals surface area contributed by atoms with Crippen LogP contribution in [0.5, 0.6) is 0 Å². The number of nitrogens with zero attached hydrogens (tertiary/aromatic N) is 2. The summed E-state index contributed by atoms with van der Waals surface area (Å²) in [6.45, 7) is 6.82. The molecule has 1 N–H and O–H groups in total. The minimum absolute atomic E-state index is 0.0570. The van der Waals surface area contributed by atoms with Gasteiger partial charge in [-0.3, -0.25) is 0 Å². The smallest absolute Gasteiger partial charge is 0.243 e. The van der Waals surface area contributed by atoms with Crippen molar-refractivity contribution in [1.82, 2.24) is 15.5 Å². The average Bonchev–Trinajstić information content (AvgIpc) is 2.86. The molecule has 5 heteroatoms. The highest BCUT2D eigenvalue weighted by molar-refractivity contribution is 5.50. The fraction of sp³-hybridized carbons (Fsp3) is 0.455. The zero-order valence-electron chi connectivity index (χ0n) is 9.65. The Morgan fingerprint density at radius 3 is 2.94 bits per heavy atom. The van der Waals surface area contributed by atoms with E-state index in [1.165, 1.54) is 0 Å². The molecule has 2 aromatic heterocycles. The summed E-state index contributed by atoms with van der Waals surface area (Å²) in [7, 11) is 0. The summed E-state index contributed by atoms with van der Waals surface area (Å²) in [5.41, 5.74) is 1.00. The van der Waals surface area contributed by atoms with E-state index in [-0.39, 0.29) is 6.04 Å². The summed E-state index contributed by atoms with van der Waals surface area (Å²) in [5.74, 6) is 1.74. The first kappa shape index (κ1) is 10.9. The number of rotatable bonds is 4. The Kier molecular flexibility index (Phi) is 3.05. The summed E-state index contributed by atoms with van der Waals surface area (Å²) >= 11 is 0. The molecule has 2 heterocycles. The van der Waals surface area contributed by atoms with Gasteiger partial charge in [-0.2, -0.15) is 4.98 Å². The Labute approximate surface area is 93.8 Å². The largest absolute Gasteiger partial charge is 0.461 e. The molecular formula is C11H15N3O2. The summed E-state index contributed by atoms with van der Waals surface area (Å²) in [4.78, 5) is 4.30. The van der Waals surface area contributed by atoms with Gasteiger partial charge in [0.1, 0.15) is 0 Å². The number of aryl methyl sites for hydroxylation is 1. The van der Waals surface area contributed by atoms with Crippen LogP contribution >= 0.6 is 0 Å². The number of aromatic nitrogens is 2. The lowest BCUT2D eigenvalue weighted by Gasteiger charge is -2.04. The lowest BCUT2D eigenvalue weighted by atomic mass is 10.3. The molecule has 16 heavy (non-hydrogen) atoms. The van der Waals surface area contributed by atoms with Gasteiger partial charge in [0.15, 0.2) is 5.76 Å². The van der Waals surface area contributed by atoms with E-state index >= 15 is 0 Å². The monoisotopic (exact) mass is 221 g/mol. The van der Waals surface area contributed by atoms with Gasteiger partial charge in [-0.15, -0.1) is 0 Å². The molecule has 0 spiro atoms. The van der Waals surface area contributed by atoms with Crippen LogP contribution in [0.2, 0.25) is 0 Å². The predicted molar refractivity (Wildman–Crippen MR) is 58.8 cm³/mol. The van der Waals surface area contributed by atoms with Crippen molar-refractivity contribution in [3.05, 3.63) is 23.8 Å². The number of hydrogen-bond donors (Lipinski definition) is 1. The van der Waals surface area contributed by atoms with Gasteiger partial charge in [0.25, 0.3) is 0 Å². The first-order chi connectivity index (χ1) is 7.72. The van der Waals surface area contributed by atoms with E-state index in [0.29, 0.717) is 17.5 Å². The molecule has 0 radical (unpaired) electrons. The fourth-order valence-electron chi connectivity index (χ4n) is 1.50. The minimum atomic E-state index is 0.0570. The van der Waals surface area contributed by atoms with Crippen LogP contribution in [0.25, 0.3) is 11.6 Å². The van der Waals surface area contributed by atoms with Crippen LogP contribution in [-0.2, 0) is 0 Å².